The van der Waals surface area contributed by atoms with Gasteiger partial charge in [-0.25, -0.2) is 9.18 Å². The topological polar surface area (TPSA) is 51.5 Å². The van der Waals surface area contributed by atoms with Gasteiger partial charge in [-0.15, -0.1) is 0 Å². The number of carbonyl (C=O) groups is 1. The molecule has 0 unspecified atom stereocenters. The molecule has 5 heteroatoms. The summed E-state index contributed by atoms with van der Waals surface area (Å²) in [7, 11) is 1.33. The van der Waals surface area contributed by atoms with E-state index in [1.165, 1.54) is 25.5 Å². The normalized spacial score (nSPS) is 10.6. The number of halogens is 1. The van der Waals surface area contributed by atoms with E-state index in [-0.39, 0.29) is 5.82 Å². The molecular formula is C16H18FNO3. The molecule has 0 saturated heterocycles. The summed E-state index contributed by atoms with van der Waals surface area (Å²) >= 11 is 0. The highest BCUT2D eigenvalue weighted by Crippen LogP contribution is 2.11. The summed E-state index contributed by atoms with van der Waals surface area (Å²) in [4.78, 5) is 11.3. The van der Waals surface area contributed by atoms with Crippen LogP contribution in [0.5, 0.6) is 0 Å². The van der Waals surface area contributed by atoms with Gasteiger partial charge in [0.1, 0.15) is 17.8 Å². The number of benzene rings is 1. The van der Waals surface area contributed by atoms with Crippen LogP contribution in [0.25, 0.3) is 0 Å². The smallest absolute Gasteiger partial charge is 0.341 e. The van der Waals surface area contributed by atoms with Crippen LogP contribution in [0.15, 0.2) is 34.9 Å². The zero-order chi connectivity index (χ0) is 15.2. The molecule has 2 aromatic rings. The number of rotatable bonds is 6. The molecule has 1 heterocycles. The maximum absolute atomic E-state index is 13.0. The van der Waals surface area contributed by atoms with Gasteiger partial charge in [0.15, 0.2) is 0 Å². The quantitative estimate of drug-likeness (QED) is 0.657. The SMILES string of the molecule is COC(=O)c1coc(CNCCc2ccc(F)cc2C)c1. The molecule has 0 aliphatic heterocycles. The number of esters is 1. The number of carbonyl (C=O) groups excluding carboxylic acids is 1. The van der Waals surface area contributed by atoms with Crippen LogP contribution in [0.2, 0.25) is 0 Å². The third-order valence-electron chi connectivity index (χ3n) is 3.25. The second kappa shape index (κ2) is 7.04. The van der Waals surface area contributed by atoms with Gasteiger partial charge in [-0.2, -0.15) is 0 Å². The highest BCUT2D eigenvalue weighted by atomic mass is 19.1. The molecule has 112 valence electrons. The molecule has 2 rings (SSSR count). The zero-order valence-corrected chi connectivity index (χ0v) is 12.1. The number of hydrogen-bond acceptors (Lipinski definition) is 4. The van der Waals surface area contributed by atoms with Gasteiger partial charge in [-0.05, 0) is 49.2 Å². The lowest BCUT2D eigenvalue weighted by atomic mass is 10.1. The minimum atomic E-state index is -0.410. The van der Waals surface area contributed by atoms with Crippen LogP contribution in [0.1, 0.15) is 27.2 Å². The molecule has 21 heavy (non-hydrogen) atoms. The molecule has 0 bridgehead atoms. The maximum atomic E-state index is 13.0. The van der Waals surface area contributed by atoms with Gasteiger partial charge in [-0.1, -0.05) is 6.07 Å². The third-order valence-corrected chi connectivity index (χ3v) is 3.25. The third kappa shape index (κ3) is 4.16. The Morgan fingerprint density at radius 2 is 2.19 bits per heavy atom. The summed E-state index contributed by atoms with van der Waals surface area (Å²) in [6.45, 7) is 3.16. The van der Waals surface area contributed by atoms with E-state index >= 15 is 0 Å². The van der Waals surface area contributed by atoms with Crippen LogP contribution in [0.3, 0.4) is 0 Å². The molecule has 0 amide bonds. The summed E-state index contributed by atoms with van der Waals surface area (Å²) < 4.78 is 22.9. The number of furan rings is 1. The Labute approximate surface area is 122 Å². The number of aryl methyl sites for hydroxylation is 1. The van der Waals surface area contributed by atoms with Crippen molar-refractivity contribution in [1.82, 2.24) is 5.32 Å². The standard InChI is InChI=1S/C16H18FNO3/c1-11-7-14(17)4-3-12(11)5-6-18-9-15-8-13(10-21-15)16(19)20-2/h3-4,7-8,10,18H,5-6,9H2,1-2H3. The van der Waals surface area contributed by atoms with Crippen molar-refractivity contribution in [3.63, 3.8) is 0 Å². The van der Waals surface area contributed by atoms with Crippen LogP contribution in [-0.2, 0) is 17.7 Å². The minimum absolute atomic E-state index is 0.213. The molecule has 0 fully saturated rings. The number of ether oxygens (including phenoxy) is 1. The molecule has 1 aromatic carbocycles. The molecule has 0 aliphatic rings. The largest absolute Gasteiger partial charge is 0.467 e. The van der Waals surface area contributed by atoms with Crippen molar-refractivity contribution in [2.45, 2.75) is 19.9 Å². The van der Waals surface area contributed by atoms with Crippen LogP contribution in [-0.4, -0.2) is 19.6 Å². The maximum Gasteiger partial charge on any atom is 0.341 e. The summed E-state index contributed by atoms with van der Waals surface area (Å²) in [5.74, 6) is 0.0494. The second-order valence-corrected chi connectivity index (χ2v) is 4.79. The Kier molecular flexibility index (Phi) is 5.11. The van der Waals surface area contributed by atoms with Crippen molar-refractivity contribution in [3.05, 3.63) is 58.8 Å². The number of nitrogens with one attached hydrogen (secondary N) is 1. The van der Waals surface area contributed by atoms with Crippen molar-refractivity contribution < 1.29 is 18.3 Å². The summed E-state index contributed by atoms with van der Waals surface area (Å²) in [6.07, 6.45) is 2.18. The van der Waals surface area contributed by atoms with Gasteiger partial charge >= 0.3 is 5.97 Å². The van der Waals surface area contributed by atoms with Gasteiger partial charge in [0.25, 0.3) is 0 Å². The van der Waals surface area contributed by atoms with Crippen LogP contribution in [0, 0.1) is 12.7 Å². The Morgan fingerprint density at radius 3 is 2.90 bits per heavy atom. The monoisotopic (exact) mass is 291 g/mol. The van der Waals surface area contributed by atoms with Crippen LogP contribution < -0.4 is 5.32 Å². The van der Waals surface area contributed by atoms with E-state index in [1.54, 1.807) is 12.1 Å². The van der Waals surface area contributed by atoms with Gasteiger partial charge < -0.3 is 14.5 Å². The Bertz CT molecular complexity index is 622. The van der Waals surface area contributed by atoms with E-state index in [0.717, 1.165) is 24.1 Å². The van der Waals surface area contributed by atoms with E-state index < -0.39 is 5.97 Å². The first-order valence-corrected chi connectivity index (χ1v) is 6.71. The number of hydrogen-bond donors (Lipinski definition) is 1. The average Bonchev–Trinajstić information content (AvgIpc) is 2.93. The fourth-order valence-corrected chi connectivity index (χ4v) is 2.07. The molecule has 1 N–H and O–H groups in total. The van der Waals surface area contributed by atoms with E-state index in [9.17, 15) is 9.18 Å². The predicted octanol–water partition coefficient (Wildman–Crippen LogP) is 2.85. The van der Waals surface area contributed by atoms with Crippen molar-refractivity contribution in [3.8, 4) is 0 Å². The first-order chi connectivity index (χ1) is 10.1. The molecule has 0 radical (unpaired) electrons. The lowest BCUT2D eigenvalue weighted by Crippen LogP contribution is -2.16. The summed E-state index contributed by atoms with van der Waals surface area (Å²) in [5.41, 5.74) is 2.46. The van der Waals surface area contributed by atoms with Gasteiger partial charge in [-0.3, -0.25) is 0 Å². The molecule has 1 aromatic heterocycles. The van der Waals surface area contributed by atoms with Crippen molar-refractivity contribution in [2.75, 3.05) is 13.7 Å². The Hall–Kier alpha value is -2.14. The first-order valence-electron chi connectivity index (χ1n) is 6.71. The van der Waals surface area contributed by atoms with E-state index in [2.05, 4.69) is 10.1 Å². The summed E-state index contributed by atoms with van der Waals surface area (Å²) in [6, 6.07) is 6.46. The highest BCUT2D eigenvalue weighted by molar-refractivity contribution is 5.88. The lowest BCUT2D eigenvalue weighted by molar-refractivity contribution is 0.0600. The Balaban J connectivity index is 1.79. The second-order valence-electron chi connectivity index (χ2n) is 4.79. The van der Waals surface area contributed by atoms with Crippen molar-refractivity contribution in [1.29, 1.82) is 0 Å². The molecular weight excluding hydrogens is 273 g/mol. The van der Waals surface area contributed by atoms with Crippen LogP contribution >= 0.6 is 0 Å². The van der Waals surface area contributed by atoms with Crippen molar-refractivity contribution >= 4 is 5.97 Å². The Morgan fingerprint density at radius 1 is 1.38 bits per heavy atom. The summed E-state index contributed by atoms with van der Waals surface area (Å²) in [5, 5.41) is 3.22. The van der Waals surface area contributed by atoms with Crippen LogP contribution in [0.4, 0.5) is 4.39 Å². The van der Waals surface area contributed by atoms with Gasteiger partial charge in [0.2, 0.25) is 0 Å². The van der Waals surface area contributed by atoms with Gasteiger partial charge in [0, 0.05) is 0 Å². The molecule has 0 saturated carbocycles. The molecule has 4 nitrogen and oxygen atoms in total. The minimum Gasteiger partial charge on any atom is -0.467 e. The predicted molar refractivity (Wildman–Crippen MR) is 76.6 cm³/mol. The van der Waals surface area contributed by atoms with E-state index in [4.69, 9.17) is 4.42 Å². The zero-order valence-electron chi connectivity index (χ0n) is 12.1. The fraction of sp³-hybridized carbons (Fsp3) is 0.312. The van der Waals surface area contributed by atoms with Gasteiger partial charge in [0.05, 0.1) is 19.2 Å². The highest BCUT2D eigenvalue weighted by Gasteiger charge is 2.09. The molecule has 0 aliphatic carbocycles. The van der Waals surface area contributed by atoms with E-state index in [1.807, 2.05) is 6.92 Å². The molecule has 0 atom stereocenters. The fourth-order valence-electron chi connectivity index (χ4n) is 2.07. The number of methoxy groups -OCH3 is 1. The van der Waals surface area contributed by atoms with E-state index in [0.29, 0.717) is 17.9 Å². The average molecular weight is 291 g/mol. The first kappa shape index (κ1) is 15.3. The van der Waals surface area contributed by atoms with Crippen molar-refractivity contribution in [2.24, 2.45) is 0 Å². The molecule has 0 spiro atoms. The lowest BCUT2D eigenvalue weighted by Gasteiger charge is -2.06.